The topological polar surface area (TPSA) is 83.3 Å². The van der Waals surface area contributed by atoms with Crippen LogP contribution in [-0.4, -0.2) is 57.9 Å². The molecule has 25 heavy (non-hydrogen) atoms. The summed E-state index contributed by atoms with van der Waals surface area (Å²) in [5, 5.41) is 18.5. The van der Waals surface area contributed by atoms with E-state index in [0.29, 0.717) is 17.7 Å². The van der Waals surface area contributed by atoms with E-state index in [1.54, 1.807) is 29.2 Å². The fourth-order valence-corrected chi connectivity index (χ4v) is 2.80. The molecular weight excluding hydrogens is 318 g/mol. The van der Waals surface area contributed by atoms with Crippen LogP contribution in [0.1, 0.15) is 10.4 Å². The summed E-state index contributed by atoms with van der Waals surface area (Å²) in [5.41, 5.74) is 2.01. The van der Waals surface area contributed by atoms with Gasteiger partial charge in [-0.3, -0.25) is 4.68 Å². The number of carboxylic acid groups (broad SMARTS) is 1. The van der Waals surface area contributed by atoms with Crippen LogP contribution in [0.2, 0.25) is 0 Å². The smallest absolute Gasteiger partial charge is 0.336 e. The van der Waals surface area contributed by atoms with Crippen molar-refractivity contribution in [2.75, 3.05) is 32.5 Å². The lowest BCUT2D eigenvalue weighted by Crippen LogP contribution is -2.21. The number of fused-ring (bicyclic) bond motifs is 1. The molecule has 0 atom stereocenters. The Labute approximate surface area is 145 Å². The largest absolute Gasteiger partial charge is 0.478 e. The Bertz CT molecular complexity index is 917. The summed E-state index contributed by atoms with van der Waals surface area (Å²) < 4.78 is 1.71. The van der Waals surface area contributed by atoms with Crippen molar-refractivity contribution in [3.05, 3.63) is 42.4 Å². The second-order valence-corrected chi connectivity index (χ2v) is 6.19. The lowest BCUT2D eigenvalue weighted by Gasteiger charge is -2.15. The summed E-state index contributed by atoms with van der Waals surface area (Å²) in [6.07, 6.45) is 5.41. The zero-order chi connectivity index (χ0) is 18.0. The first-order chi connectivity index (χ1) is 12.0. The standard InChI is InChI=1S/C18H21N5O2/c1-22(2)8-7-19-17-16-13(5-4-6-14(16)18(24)25)15(10-20-17)12-9-21-23(3)11-12/h4-6,9-11H,7-8H2,1-3H3,(H,19,20)(H,24,25). The Balaban J connectivity index is 2.16. The third-order valence-corrected chi connectivity index (χ3v) is 4.01. The Hall–Kier alpha value is -2.93. The first kappa shape index (κ1) is 16.9. The SMILES string of the molecule is CN(C)CCNc1ncc(-c2cnn(C)c2)c2cccc(C(=O)O)c12. The molecule has 3 rings (SSSR count). The molecule has 0 saturated carbocycles. The number of aromatic nitrogens is 3. The average molecular weight is 339 g/mol. The number of likely N-dealkylation sites (N-methyl/N-ethyl adjacent to an activating group) is 1. The van der Waals surface area contributed by atoms with Crippen molar-refractivity contribution in [3.63, 3.8) is 0 Å². The molecule has 0 radical (unpaired) electrons. The molecule has 7 heteroatoms. The molecule has 0 unspecified atom stereocenters. The molecule has 0 amide bonds. The van der Waals surface area contributed by atoms with Crippen molar-refractivity contribution < 1.29 is 9.90 Å². The summed E-state index contributed by atoms with van der Waals surface area (Å²) in [6, 6.07) is 5.29. The number of nitrogens with one attached hydrogen (secondary N) is 1. The molecule has 7 nitrogen and oxygen atoms in total. The summed E-state index contributed by atoms with van der Waals surface area (Å²) >= 11 is 0. The van der Waals surface area contributed by atoms with E-state index in [1.807, 2.05) is 33.4 Å². The molecule has 1 aromatic carbocycles. The molecule has 0 bridgehead atoms. The average Bonchev–Trinajstić information content (AvgIpc) is 3.00. The highest BCUT2D eigenvalue weighted by Gasteiger charge is 2.17. The van der Waals surface area contributed by atoms with Crippen molar-refractivity contribution in [2.45, 2.75) is 0 Å². The van der Waals surface area contributed by atoms with Crippen LogP contribution >= 0.6 is 0 Å². The lowest BCUT2D eigenvalue weighted by molar-refractivity contribution is 0.0699. The summed E-state index contributed by atoms with van der Waals surface area (Å²) in [7, 11) is 5.82. The fourth-order valence-electron chi connectivity index (χ4n) is 2.80. The first-order valence-electron chi connectivity index (χ1n) is 8.00. The minimum Gasteiger partial charge on any atom is -0.478 e. The minimum absolute atomic E-state index is 0.239. The van der Waals surface area contributed by atoms with Crippen LogP contribution in [0.15, 0.2) is 36.8 Å². The quantitative estimate of drug-likeness (QED) is 0.717. The van der Waals surface area contributed by atoms with Gasteiger partial charge in [0, 0.05) is 49.0 Å². The Morgan fingerprint density at radius 1 is 1.32 bits per heavy atom. The van der Waals surface area contributed by atoms with Gasteiger partial charge in [-0.05, 0) is 25.5 Å². The second kappa shape index (κ2) is 6.90. The summed E-state index contributed by atoms with van der Waals surface area (Å²) in [4.78, 5) is 18.3. The number of rotatable bonds is 6. The maximum absolute atomic E-state index is 11.7. The van der Waals surface area contributed by atoms with E-state index in [1.165, 1.54) is 0 Å². The number of anilines is 1. The van der Waals surface area contributed by atoms with Gasteiger partial charge in [0.25, 0.3) is 0 Å². The highest BCUT2D eigenvalue weighted by Crippen LogP contribution is 2.33. The number of hydrogen-bond acceptors (Lipinski definition) is 5. The minimum atomic E-state index is -0.966. The molecule has 0 aliphatic rings. The Morgan fingerprint density at radius 3 is 2.76 bits per heavy atom. The van der Waals surface area contributed by atoms with Crippen molar-refractivity contribution in [2.24, 2.45) is 7.05 Å². The van der Waals surface area contributed by atoms with Crippen LogP contribution in [0, 0.1) is 0 Å². The van der Waals surface area contributed by atoms with Crippen LogP contribution < -0.4 is 5.32 Å². The van der Waals surface area contributed by atoms with E-state index in [-0.39, 0.29) is 5.56 Å². The van der Waals surface area contributed by atoms with Gasteiger partial charge in [-0.2, -0.15) is 5.10 Å². The first-order valence-corrected chi connectivity index (χ1v) is 8.00. The van der Waals surface area contributed by atoms with Gasteiger partial charge in [0.05, 0.1) is 11.8 Å². The molecule has 2 heterocycles. The van der Waals surface area contributed by atoms with E-state index in [4.69, 9.17) is 0 Å². The van der Waals surface area contributed by atoms with Gasteiger partial charge in [0.2, 0.25) is 0 Å². The molecular formula is C18H21N5O2. The van der Waals surface area contributed by atoms with Gasteiger partial charge in [0.15, 0.2) is 0 Å². The predicted octanol–water partition coefficient (Wildman–Crippen LogP) is 2.31. The maximum atomic E-state index is 11.7. The maximum Gasteiger partial charge on any atom is 0.336 e. The van der Waals surface area contributed by atoms with Crippen LogP contribution in [-0.2, 0) is 7.05 Å². The van der Waals surface area contributed by atoms with Gasteiger partial charge < -0.3 is 15.3 Å². The predicted molar refractivity (Wildman–Crippen MR) is 97.9 cm³/mol. The lowest BCUT2D eigenvalue weighted by atomic mass is 9.99. The number of benzene rings is 1. The van der Waals surface area contributed by atoms with Crippen molar-refractivity contribution in [3.8, 4) is 11.1 Å². The van der Waals surface area contributed by atoms with Gasteiger partial charge in [-0.25, -0.2) is 9.78 Å². The normalized spacial score (nSPS) is 11.2. The van der Waals surface area contributed by atoms with E-state index >= 15 is 0 Å². The number of aromatic carboxylic acids is 1. The van der Waals surface area contributed by atoms with E-state index < -0.39 is 5.97 Å². The molecule has 2 aromatic heterocycles. The number of pyridine rings is 1. The van der Waals surface area contributed by atoms with Crippen LogP contribution in [0.5, 0.6) is 0 Å². The van der Waals surface area contributed by atoms with E-state index in [9.17, 15) is 9.90 Å². The molecule has 0 fully saturated rings. The fraction of sp³-hybridized carbons (Fsp3) is 0.278. The number of aryl methyl sites for hydroxylation is 1. The zero-order valence-corrected chi connectivity index (χ0v) is 14.5. The number of carbonyl (C=O) groups is 1. The van der Waals surface area contributed by atoms with Crippen molar-refractivity contribution in [1.29, 1.82) is 0 Å². The van der Waals surface area contributed by atoms with Gasteiger partial charge in [-0.1, -0.05) is 12.1 Å². The number of nitrogens with zero attached hydrogens (tertiary/aromatic N) is 4. The number of carboxylic acids is 1. The van der Waals surface area contributed by atoms with E-state index in [0.717, 1.165) is 23.1 Å². The van der Waals surface area contributed by atoms with Crippen molar-refractivity contribution in [1.82, 2.24) is 19.7 Å². The third-order valence-electron chi connectivity index (χ3n) is 4.01. The molecule has 0 aliphatic carbocycles. The van der Waals surface area contributed by atoms with Gasteiger partial charge in [-0.15, -0.1) is 0 Å². The monoisotopic (exact) mass is 339 g/mol. The summed E-state index contributed by atoms with van der Waals surface area (Å²) in [5.74, 6) is -0.381. The highest BCUT2D eigenvalue weighted by atomic mass is 16.4. The third kappa shape index (κ3) is 3.46. The Kier molecular flexibility index (Phi) is 4.67. The van der Waals surface area contributed by atoms with E-state index in [2.05, 4.69) is 20.3 Å². The van der Waals surface area contributed by atoms with Gasteiger partial charge >= 0.3 is 5.97 Å². The van der Waals surface area contributed by atoms with Crippen molar-refractivity contribution >= 4 is 22.6 Å². The van der Waals surface area contributed by atoms with Crippen LogP contribution in [0.25, 0.3) is 21.9 Å². The number of hydrogen-bond donors (Lipinski definition) is 2. The van der Waals surface area contributed by atoms with Crippen LogP contribution in [0.4, 0.5) is 5.82 Å². The van der Waals surface area contributed by atoms with Gasteiger partial charge in [0.1, 0.15) is 5.82 Å². The zero-order valence-electron chi connectivity index (χ0n) is 14.5. The summed E-state index contributed by atoms with van der Waals surface area (Å²) in [6.45, 7) is 1.50. The highest BCUT2D eigenvalue weighted by molar-refractivity contribution is 6.12. The molecule has 130 valence electrons. The Morgan fingerprint density at radius 2 is 2.12 bits per heavy atom. The molecule has 3 aromatic rings. The molecule has 0 aliphatic heterocycles. The van der Waals surface area contributed by atoms with Crippen LogP contribution in [0.3, 0.4) is 0 Å². The molecule has 0 saturated heterocycles. The second-order valence-electron chi connectivity index (χ2n) is 6.19. The molecule has 0 spiro atoms. The molecule has 2 N–H and O–H groups in total.